The van der Waals surface area contributed by atoms with Crippen molar-refractivity contribution in [2.24, 2.45) is 16.8 Å². The molecule has 0 spiro atoms. The molecule has 27 heavy (non-hydrogen) atoms. The maximum absolute atomic E-state index is 11.5. The third-order valence-electron chi connectivity index (χ3n) is 4.86. The predicted molar refractivity (Wildman–Crippen MR) is 99.0 cm³/mol. The number of rotatable bonds is 3. The molecule has 0 saturated heterocycles. The predicted octanol–water partition coefficient (Wildman–Crippen LogP) is 1.93. The summed E-state index contributed by atoms with van der Waals surface area (Å²) in [6, 6.07) is 7.37. The molecule has 2 unspecified atom stereocenters. The normalized spacial score (nSPS) is 20.6. The summed E-state index contributed by atoms with van der Waals surface area (Å²) in [7, 11) is 0. The lowest BCUT2D eigenvalue weighted by Crippen LogP contribution is -2.30. The van der Waals surface area contributed by atoms with Crippen molar-refractivity contribution in [2.75, 3.05) is 6.61 Å². The minimum absolute atomic E-state index is 0.153. The number of fused-ring (bicyclic) bond motifs is 3. The van der Waals surface area contributed by atoms with Crippen LogP contribution in [0.3, 0.4) is 0 Å². The molecule has 0 saturated carbocycles. The zero-order chi connectivity index (χ0) is 19.1. The highest BCUT2D eigenvalue weighted by Gasteiger charge is 2.36. The van der Waals surface area contributed by atoms with E-state index in [-0.39, 0.29) is 18.0 Å². The Labute approximate surface area is 156 Å². The molecule has 138 valence electrons. The molecule has 0 radical (unpaired) electrons. The van der Waals surface area contributed by atoms with Gasteiger partial charge in [-0.25, -0.2) is 4.98 Å². The van der Waals surface area contributed by atoms with Crippen molar-refractivity contribution in [1.82, 2.24) is 14.6 Å². The van der Waals surface area contributed by atoms with Crippen molar-refractivity contribution in [1.29, 1.82) is 5.26 Å². The molecule has 0 fully saturated rings. The minimum atomic E-state index is -0.498. The Kier molecular flexibility index (Phi) is 4.07. The van der Waals surface area contributed by atoms with E-state index in [1.165, 1.54) is 0 Å². The van der Waals surface area contributed by atoms with Crippen LogP contribution in [-0.2, 0) is 6.54 Å². The smallest absolute Gasteiger partial charge is 0.248 e. The molecule has 3 heterocycles. The SMILES string of the molecule is CC(C)N1N=CC(C#N)C1c1cn2c(n1)-c1ccc(C(N)=O)cc1OCC2. The first kappa shape index (κ1) is 17.1. The van der Waals surface area contributed by atoms with Crippen LogP contribution in [0.1, 0.15) is 35.9 Å². The second-order valence-corrected chi connectivity index (χ2v) is 6.94. The molecule has 0 aliphatic carbocycles. The van der Waals surface area contributed by atoms with Crippen molar-refractivity contribution in [3.05, 3.63) is 35.7 Å². The first-order chi connectivity index (χ1) is 13.0. The van der Waals surface area contributed by atoms with E-state index < -0.39 is 5.91 Å². The van der Waals surface area contributed by atoms with Crippen LogP contribution < -0.4 is 10.5 Å². The van der Waals surface area contributed by atoms with E-state index >= 15 is 0 Å². The van der Waals surface area contributed by atoms with Gasteiger partial charge in [0.2, 0.25) is 5.91 Å². The third kappa shape index (κ3) is 2.81. The van der Waals surface area contributed by atoms with Crippen LogP contribution in [0.2, 0.25) is 0 Å². The average molecular weight is 364 g/mol. The second kappa shape index (κ2) is 6.43. The molecule has 8 nitrogen and oxygen atoms in total. The maximum Gasteiger partial charge on any atom is 0.248 e. The molecule has 2 N–H and O–H groups in total. The summed E-state index contributed by atoms with van der Waals surface area (Å²) in [6.45, 7) is 5.16. The molecular formula is C19H20N6O2. The van der Waals surface area contributed by atoms with E-state index in [2.05, 4.69) is 11.2 Å². The van der Waals surface area contributed by atoms with Crippen molar-refractivity contribution >= 4 is 12.1 Å². The fraction of sp³-hybridized carbons (Fsp3) is 0.368. The number of primary amides is 1. The number of ether oxygens (including phenoxy) is 1. The van der Waals surface area contributed by atoms with Crippen LogP contribution in [0.5, 0.6) is 5.75 Å². The number of hydrogen-bond donors (Lipinski definition) is 1. The van der Waals surface area contributed by atoms with Crippen molar-refractivity contribution in [2.45, 2.75) is 32.5 Å². The van der Waals surface area contributed by atoms with E-state index in [1.54, 1.807) is 24.4 Å². The molecule has 0 bridgehead atoms. The number of nitrogens with zero attached hydrogens (tertiary/aromatic N) is 5. The molecule has 2 atom stereocenters. The highest BCUT2D eigenvalue weighted by Crippen LogP contribution is 2.38. The number of imidazole rings is 1. The standard InChI is InChI=1S/C19H20N6O2/c1-11(2)25-17(13(8-20)9-22-25)15-10-24-5-6-27-16-7-12(18(21)26)3-4-14(16)19(24)23-15/h3-4,7,9-11,13,17H,5-6H2,1-2H3,(H2,21,26). The van der Waals surface area contributed by atoms with Gasteiger partial charge in [-0.1, -0.05) is 0 Å². The lowest BCUT2D eigenvalue weighted by atomic mass is 10.00. The van der Waals surface area contributed by atoms with Crippen LogP contribution in [0.25, 0.3) is 11.4 Å². The summed E-state index contributed by atoms with van der Waals surface area (Å²) in [6.07, 6.45) is 3.65. The Balaban J connectivity index is 1.78. The fourth-order valence-electron chi connectivity index (χ4n) is 3.54. The topological polar surface area (TPSA) is 110 Å². The van der Waals surface area contributed by atoms with Gasteiger partial charge in [-0.15, -0.1) is 0 Å². The quantitative estimate of drug-likeness (QED) is 0.895. The van der Waals surface area contributed by atoms with Gasteiger partial charge in [0.15, 0.2) is 0 Å². The van der Waals surface area contributed by atoms with E-state index in [9.17, 15) is 10.1 Å². The molecule has 2 aliphatic heterocycles. The number of amides is 1. The zero-order valence-electron chi connectivity index (χ0n) is 15.2. The van der Waals surface area contributed by atoms with E-state index in [0.29, 0.717) is 24.5 Å². The Morgan fingerprint density at radius 2 is 2.26 bits per heavy atom. The van der Waals surface area contributed by atoms with Gasteiger partial charge in [-0.05, 0) is 32.0 Å². The number of aromatic nitrogens is 2. The van der Waals surface area contributed by atoms with Crippen LogP contribution in [0.4, 0.5) is 0 Å². The van der Waals surface area contributed by atoms with E-state index in [0.717, 1.165) is 17.1 Å². The number of benzene rings is 1. The molecule has 4 rings (SSSR count). The monoisotopic (exact) mass is 364 g/mol. The number of carbonyl (C=O) groups excluding carboxylic acids is 1. The summed E-state index contributed by atoms with van der Waals surface area (Å²) < 4.78 is 7.82. The molecule has 2 aliphatic rings. The van der Waals surface area contributed by atoms with Gasteiger partial charge in [-0.2, -0.15) is 10.4 Å². The molecule has 8 heteroatoms. The molecular weight excluding hydrogens is 344 g/mol. The average Bonchev–Trinajstić information content (AvgIpc) is 3.21. The Morgan fingerprint density at radius 1 is 1.44 bits per heavy atom. The third-order valence-corrected chi connectivity index (χ3v) is 4.86. The fourth-order valence-corrected chi connectivity index (χ4v) is 3.54. The van der Waals surface area contributed by atoms with Gasteiger partial charge in [0, 0.05) is 24.0 Å². The lowest BCUT2D eigenvalue weighted by Gasteiger charge is -2.27. The van der Waals surface area contributed by atoms with E-state index in [1.807, 2.05) is 29.6 Å². The maximum atomic E-state index is 11.5. The van der Waals surface area contributed by atoms with Crippen LogP contribution in [-0.4, -0.2) is 39.3 Å². The van der Waals surface area contributed by atoms with Gasteiger partial charge in [0.25, 0.3) is 0 Å². The molecule has 1 aromatic heterocycles. The highest BCUT2D eigenvalue weighted by atomic mass is 16.5. The molecule has 2 aromatic rings. The van der Waals surface area contributed by atoms with Gasteiger partial charge in [-0.3, -0.25) is 9.80 Å². The zero-order valence-corrected chi connectivity index (χ0v) is 15.2. The van der Waals surface area contributed by atoms with Crippen molar-refractivity contribution in [3.63, 3.8) is 0 Å². The molecule has 1 aromatic carbocycles. The second-order valence-electron chi connectivity index (χ2n) is 6.94. The summed E-state index contributed by atoms with van der Waals surface area (Å²) in [5.41, 5.74) is 7.37. The first-order valence-electron chi connectivity index (χ1n) is 8.85. The van der Waals surface area contributed by atoms with Crippen molar-refractivity contribution in [3.8, 4) is 23.2 Å². The van der Waals surface area contributed by atoms with Crippen molar-refractivity contribution < 1.29 is 9.53 Å². The Bertz CT molecular complexity index is 971. The summed E-state index contributed by atoms with van der Waals surface area (Å²) in [5, 5.41) is 15.8. The summed E-state index contributed by atoms with van der Waals surface area (Å²) >= 11 is 0. The van der Waals surface area contributed by atoms with Crippen LogP contribution in [0, 0.1) is 17.2 Å². The largest absolute Gasteiger partial charge is 0.491 e. The lowest BCUT2D eigenvalue weighted by molar-refractivity contribution is 0.1000. The number of carbonyl (C=O) groups is 1. The first-order valence-corrected chi connectivity index (χ1v) is 8.85. The summed E-state index contributed by atoms with van der Waals surface area (Å²) in [5.74, 6) is 0.491. The van der Waals surface area contributed by atoms with Gasteiger partial charge in [0.1, 0.15) is 30.1 Å². The Morgan fingerprint density at radius 3 is 2.96 bits per heavy atom. The van der Waals surface area contributed by atoms with Crippen LogP contribution in [0.15, 0.2) is 29.5 Å². The number of nitrogens with two attached hydrogens (primary N) is 1. The minimum Gasteiger partial charge on any atom is -0.491 e. The van der Waals surface area contributed by atoms with E-state index in [4.69, 9.17) is 15.5 Å². The number of nitriles is 1. The molecule has 1 amide bonds. The van der Waals surface area contributed by atoms with Crippen LogP contribution >= 0.6 is 0 Å². The van der Waals surface area contributed by atoms with Gasteiger partial charge < -0.3 is 15.0 Å². The summed E-state index contributed by atoms with van der Waals surface area (Å²) in [4.78, 5) is 16.3. The van der Waals surface area contributed by atoms with Gasteiger partial charge >= 0.3 is 0 Å². The highest BCUT2D eigenvalue weighted by molar-refractivity contribution is 5.94. The number of hydrazone groups is 1. The van der Waals surface area contributed by atoms with Gasteiger partial charge in [0.05, 0.1) is 23.9 Å². The Hall–Kier alpha value is -3.34. The number of hydrogen-bond acceptors (Lipinski definition) is 6.